The van der Waals surface area contributed by atoms with E-state index < -0.39 is 24.5 Å². The number of hydrogen-bond acceptors (Lipinski definition) is 9. The summed E-state index contributed by atoms with van der Waals surface area (Å²) in [5.41, 5.74) is 1.17. The molecule has 200 valence electrons. The largest absolute Gasteiger partial charge is 0.497 e. The summed E-state index contributed by atoms with van der Waals surface area (Å²) in [7, 11) is 1.53. The second-order valence-electron chi connectivity index (χ2n) is 7.82. The number of carbonyl (C=O) groups is 3. The van der Waals surface area contributed by atoms with Crippen molar-refractivity contribution in [3.05, 3.63) is 78.1 Å². The molecule has 0 aliphatic heterocycles. The lowest BCUT2D eigenvalue weighted by Gasteiger charge is -2.17. The first kappa shape index (κ1) is 28.4. The smallest absolute Gasteiger partial charge is 0.338 e. The minimum atomic E-state index is -0.842. The molecule has 0 spiro atoms. The maximum atomic E-state index is 12.7. The number of rotatable bonds is 13. The average molecular weight is 540 g/mol. The van der Waals surface area contributed by atoms with Gasteiger partial charge in [-0.15, -0.1) is 16.8 Å². The zero-order chi connectivity index (χ0) is 27.5. The molecule has 0 unspecified atom stereocenters. The second-order valence-corrected chi connectivity index (χ2v) is 8.76. The first-order chi connectivity index (χ1) is 18.4. The van der Waals surface area contributed by atoms with Gasteiger partial charge in [0.2, 0.25) is 5.91 Å². The number of nitrogens with one attached hydrogen (secondary N) is 2. The van der Waals surface area contributed by atoms with Crippen molar-refractivity contribution in [2.24, 2.45) is 0 Å². The number of methoxy groups -OCH3 is 1. The van der Waals surface area contributed by atoms with Crippen molar-refractivity contribution in [1.29, 1.82) is 0 Å². The molecule has 0 bridgehead atoms. The third-order valence-corrected chi connectivity index (χ3v) is 6.17. The SMILES string of the molecule is C=CCn1c(SCC(=O)Nc2cccc(C(=O)OCC)c2)nnc1[C@H](CO)NC(=O)c1ccc(OC)cc1. The van der Waals surface area contributed by atoms with Gasteiger partial charge in [0, 0.05) is 17.8 Å². The van der Waals surface area contributed by atoms with E-state index in [0.717, 1.165) is 11.8 Å². The fourth-order valence-corrected chi connectivity index (χ4v) is 4.16. The Kier molecular flexibility index (Phi) is 10.4. The predicted octanol–water partition coefficient (Wildman–Crippen LogP) is 2.84. The monoisotopic (exact) mass is 539 g/mol. The number of carbonyl (C=O) groups excluding carboxylic acids is 3. The number of benzene rings is 2. The molecule has 1 heterocycles. The van der Waals surface area contributed by atoms with Crippen LogP contribution in [-0.2, 0) is 16.1 Å². The molecule has 2 aromatic carbocycles. The van der Waals surface area contributed by atoms with Crippen LogP contribution in [0.1, 0.15) is 39.5 Å². The van der Waals surface area contributed by atoms with E-state index in [4.69, 9.17) is 9.47 Å². The molecule has 2 amide bonds. The van der Waals surface area contributed by atoms with E-state index in [1.165, 1.54) is 13.2 Å². The molecule has 3 N–H and O–H groups in total. The Labute approximate surface area is 224 Å². The molecule has 0 fully saturated rings. The number of aliphatic hydroxyl groups excluding tert-OH is 1. The Morgan fingerprint density at radius 1 is 1.16 bits per heavy atom. The lowest BCUT2D eigenvalue weighted by molar-refractivity contribution is -0.113. The van der Waals surface area contributed by atoms with E-state index in [1.54, 1.807) is 60.0 Å². The Bertz CT molecular complexity index is 1280. The van der Waals surface area contributed by atoms with Crippen molar-refractivity contribution in [3.63, 3.8) is 0 Å². The van der Waals surface area contributed by atoms with Gasteiger partial charge in [0.15, 0.2) is 11.0 Å². The van der Waals surface area contributed by atoms with Crippen LogP contribution in [0.3, 0.4) is 0 Å². The Hall–Kier alpha value is -4.16. The summed E-state index contributed by atoms with van der Waals surface area (Å²) in [6.45, 7) is 5.60. The van der Waals surface area contributed by atoms with Crippen LogP contribution in [0.2, 0.25) is 0 Å². The molecule has 0 saturated carbocycles. The summed E-state index contributed by atoms with van der Waals surface area (Å²) in [5, 5.41) is 24.2. The van der Waals surface area contributed by atoms with Gasteiger partial charge >= 0.3 is 5.97 Å². The molecule has 38 heavy (non-hydrogen) atoms. The molecule has 0 aliphatic rings. The van der Waals surface area contributed by atoms with Gasteiger partial charge in [-0.2, -0.15) is 0 Å². The van der Waals surface area contributed by atoms with Crippen LogP contribution in [-0.4, -0.2) is 63.7 Å². The molecule has 3 rings (SSSR count). The van der Waals surface area contributed by atoms with Gasteiger partial charge in [0.05, 0.1) is 31.6 Å². The number of ether oxygens (including phenoxy) is 2. The van der Waals surface area contributed by atoms with Crippen LogP contribution in [0.15, 0.2) is 66.3 Å². The van der Waals surface area contributed by atoms with Crippen LogP contribution in [0, 0.1) is 0 Å². The highest BCUT2D eigenvalue weighted by Crippen LogP contribution is 2.22. The molecule has 0 saturated heterocycles. The minimum Gasteiger partial charge on any atom is -0.497 e. The number of aliphatic hydroxyl groups is 1. The number of anilines is 1. The van der Waals surface area contributed by atoms with Crippen molar-refractivity contribution < 1.29 is 29.0 Å². The molecular weight excluding hydrogens is 510 g/mol. The van der Waals surface area contributed by atoms with Gasteiger partial charge in [-0.3, -0.25) is 9.59 Å². The maximum Gasteiger partial charge on any atom is 0.338 e. The van der Waals surface area contributed by atoms with Crippen LogP contribution in [0.5, 0.6) is 5.75 Å². The standard InChI is InChI=1S/C26H29N5O6S/c1-4-13-31-23(21(15-32)28-24(34)17-9-11-20(36-3)12-10-17)29-30-26(31)38-16-22(33)27-19-8-6-7-18(14-19)25(35)37-5-2/h4,6-12,14,21,32H,1,5,13,15-16H2,2-3H3,(H,27,33)(H,28,34)/t21-/m0/s1. The van der Waals surface area contributed by atoms with E-state index >= 15 is 0 Å². The van der Waals surface area contributed by atoms with E-state index in [0.29, 0.717) is 40.1 Å². The quantitative estimate of drug-likeness (QED) is 0.170. The van der Waals surface area contributed by atoms with Crippen molar-refractivity contribution in [1.82, 2.24) is 20.1 Å². The molecule has 11 nitrogen and oxygen atoms in total. The fraction of sp³-hybridized carbons (Fsp3) is 0.269. The molecule has 1 atom stereocenters. The van der Waals surface area contributed by atoms with Crippen molar-refractivity contribution in [3.8, 4) is 5.75 Å². The molecule has 0 aliphatic carbocycles. The highest BCUT2D eigenvalue weighted by atomic mass is 32.2. The zero-order valence-electron chi connectivity index (χ0n) is 21.0. The fourth-order valence-electron chi connectivity index (χ4n) is 3.41. The van der Waals surface area contributed by atoms with E-state index in [1.807, 2.05) is 0 Å². The van der Waals surface area contributed by atoms with E-state index in [2.05, 4.69) is 27.4 Å². The molecule has 0 radical (unpaired) electrons. The third kappa shape index (κ3) is 7.43. The highest BCUT2D eigenvalue weighted by molar-refractivity contribution is 7.99. The Morgan fingerprint density at radius 3 is 2.58 bits per heavy atom. The summed E-state index contributed by atoms with van der Waals surface area (Å²) in [5.74, 6) is -0.264. The van der Waals surface area contributed by atoms with Crippen molar-refractivity contribution >= 4 is 35.2 Å². The molecular formula is C26H29N5O6S. The summed E-state index contributed by atoms with van der Waals surface area (Å²) in [6.07, 6.45) is 1.62. The van der Waals surface area contributed by atoms with Crippen LogP contribution < -0.4 is 15.4 Å². The van der Waals surface area contributed by atoms with Crippen molar-refractivity contribution in [2.45, 2.75) is 24.7 Å². The lowest BCUT2D eigenvalue weighted by Crippen LogP contribution is -2.33. The van der Waals surface area contributed by atoms with E-state index in [9.17, 15) is 19.5 Å². The zero-order valence-corrected chi connectivity index (χ0v) is 21.9. The number of hydrogen-bond donors (Lipinski definition) is 3. The highest BCUT2D eigenvalue weighted by Gasteiger charge is 2.23. The van der Waals surface area contributed by atoms with Crippen molar-refractivity contribution in [2.75, 3.05) is 31.4 Å². The first-order valence-corrected chi connectivity index (χ1v) is 12.7. The molecule has 1 aromatic heterocycles. The Balaban J connectivity index is 1.67. The summed E-state index contributed by atoms with van der Waals surface area (Å²) in [4.78, 5) is 37.2. The van der Waals surface area contributed by atoms with Gasteiger partial charge in [-0.1, -0.05) is 23.9 Å². The van der Waals surface area contributed by atoms with Crippen LogP contribution >= 0.6 is 11.8 Å². The van der Waals surface area contributed by atoms with Gasteiger partial charge in [-0.25, -0.2) is 4.79 Å². The molecule has 3 aromatic rings. The van der Waals surface area contributed by atoms with Gasteiger partial charge < -0.3 is 29.8 Å². The number of esters is 1. The van der Waals surface area contributed by atoms with Crippen LogP contribution in [0.25, 0.3) is 0 Å². The summed E-state index contributed by atoms with van der Waals surface area (Å²) in [6, 6.07) is 12.2. The number of thioether (sulfide) groups is 1. The number of aromatic nitrogens is 3. The topological polar surface area (TPSA) is 145 Å². The number of nitrogens with zero attached hydrogens (tertiary/aromatic N) is 3. The lowest BCUT2D eigenvalue weighted by atomic mass is 10.2. The van der Waals surface area contributed by atoms with E-state index in [-0.39, 0.29) is 18.3 Å². The number of amides is 2. The average Bonchev–Trinajstić information content (AvgIpc) is 3.33. The summed E-state index contributed by atoms with van der Waals surface area (Å²) >= 11 is 1.13. The maximum absolute atomic E-state index is 12.7. The second kappa shape index (κ2) is 14.0. The molecule has 12 heteroatoms. The third-order valence-electron chi connectivity index (χ3n) is 5.20. The first-order valence-electron chi connectivity index (χ1n) is 11.7. The van der Waals surface area contributed by atoms with Gasteiger partial charge in [0.25, 0.3) is 5.91 Å². The predicted molar refractivity (Wildman–Crippen MR) is 142 cm³/mol. The van der Waals surface area contributed by atoms with Crippen LogP contribution in [0.4, 0.5) is 5.69 Å². The Morgan fingerprint density at radius 2 is 1.92 bits per heavy atom. The van der Waals surface area contributed by atoms with Gasteiger partial charge in [0.1, 0.15) is 11.8 Å². The van der Waals surface area contributed by atoms with Gasteiger partial charge in [-0.05, 0) is 49.4 Å². The normalized spacial score (nSPS) is 11.3. The minimum absolute atomic E-state index is 0.000902. The summed E-state index contributed by atoms with van der Waals surface area (Å²) < 4.78 is 11.8. The number of allylic oxidation sites excluding steroid dienone is 1.